The number of likely N-dealkylation sites (N-methyl/N-ethyl adjacent to an activating group) is 1. The number of rotatable bonds is 5. The molecule has 106 valence electrons. The Hall–Kier alpha value is -1.36. The predicted octanol–water partition coefficient (Wildman–Crippen LogP) is 0.924. The number of amides is 1. The topological polar surface area (TPSA) is 72.9 Å². The summed E-state index contributed by atoms with van der Waals surface area (Å²) in [4.78, 5) is 16.4. The van der Waals surface area contributed by atoms with Gasteiger partial charge >= 0.3 is 0 Å². The molecule has 0 aromatic carbocycles. The molecule has 0 radical (unpaired) electrons. The summed E-state index contributed by atoms with van der Waals surface area (Å²) in [5, 5.41) is 3.21. The molecule has 5 nitrogen and oxygen atoms in total. The fourth-order valence-corrected chi connectivity index (χ4v) is 2.87. The van der Waals surface area contributed by atoms with Crippen LogP contribution in [0.15, 0.2) is 0 Å². The number of carbonyl (C=O) groups is 1. The second-order valence-corrected chi connectivity index (χ2v) is 5.57. The Labute approximate surface area is 114 Å². The minimum absolute atomic E-state index is 0.313. The summed E-state index contributed by atoms with van der Waals surface area (Å²) in [5.74, 6) is 0.671. The zero-order chi connectivity index (χ0) is 14.0. The van der Waals surface area contributed by atoms with E-state index in [1.165, 1.54) is 24.2 Å². The van der Waals surface area contributed by atoms with Crippen molar-refractivity contribution in [3.8, 4) is 0 Å². The minimum atomic E-state index is -0.717. The Morgan fingerprint density at radius 3 is 2.79 bits per heavy atom. The van der Waals surface area contributed by atoms with Crippen LogP contribution in [0, 0.1) is 6.92 Å². The first kappa shape index (κ1) is 14.1. The molecule has 0 bridgehead atoms. The Morgan fingerprint density at radius 1 is 1.47 bits per heavy atom. The number of fused-ring (bicyclic) bond motifs is 1. The van der Waals surface area contributed by atoms with E-state index >= 15 is 0 Å². The van der Waals surface area contributed by atoms with Gasteiger partial charge in [-0.25, -0.2) is 4.98 Å². The van der Waals surface area contributed by atoms with E-state index < -0.39 is 5.54 Å². The number of aryl methyl sites for hydroxylation is 2. The highest BCUT2D eigenvalue weighted by molar-refractivity contribution is 5.84. The summed E-state index contributed by atoms with van der Waals surface area (Å²) in [5.41, 5.74) is 7.33. The third-order valence-corrected chi connectivity index (χ3v) is 4.01. The Kier molecular flexibility index (Phi) is 3.94. The van der Waals surface area contributed by atoms with Crippen LogP contribution in [0.5, 0.6) is 0 Å². The third-order valence-electron chi connectivity index (χ3n) is 4.01. The van der Waals surface area contributed by atoms with E-state index in [1.807, 2.05) is 20.8 Å². The van der Waals surface area contributed by atoms with E-state index in [-0.39, 0.29) is 5.91 Å². The van der Waals surface area contributed by atoms with E-state index in [2.05, 4.69) is 14.9 Å². The fourth-order valence-electron chi connectivity index (χ4n) is 2.87. The van der Waals surface area contributed by atoms with Gasteiger partial charge in [-0.05, 0) is 46.1 Å². The van der Waals surface area contributed by atoms with Crippen LogP contribution in [0.25, 0.3) is 0 Å². The molecule has 1 aliphatic carbocycles. The number of hydrogen-bond acceptors (Lipinski definition) is 3. The SMILES string of the molecule is CCNC(C)(Cn1c(C)nc2c1CCCC2)C(N)=O. The molecule has 1 aromatic heterocycles. The van der Waals surface area contributed by atoms with Crippen molar-refractivity contribution in [2.75, 3.05) is 6.54 Å². The second kappa shape index (κ2) is 5.33. The van der Waals surface area contributed by atoms with E-state index in [9.17, 15) is 4.79 Å². The summed E-state index contributed by atoms with van der Waals surface area (Å²) in [6, 6.07) is 0. The second-order valence-electron chi connectivity index (χ2n) is 5.57. The lowest BCUT2D eigenvalue weighted by Crippen LogP contribution is -2.56. The molecular weight excluding hydrogens is 240 g/mol. The summed E-state index contributed by atoms with van der Waals surface area (Å²) in [6.07, 6.45) is 4.52. The molecule has 1 amide bonds. The van der Waals surface area contributed by atoms with Crippen molar-refractivity contribution in [3.05, 3.63) is 17.2 Å². The molecule has 0 aliphatic heterocycles. The van der Waals surface area contributed by atoms with Crippen molar-refractivity contribution in [1.29, 1.82) is 0 Å². The van der Waals surface area contributed by atoms with Gasteiger partial charge in [0, 0.05) is 5.69 Å². The zero-order valence-corrected chi connectivity index (χ0v) is 12.1. The summed E-state index contributed by atoms with van der Waals surface area (Å²) in [6.45, 7) is 7.14. The number of hydrogen-bond donors (Lipinski definition) is 2. The molecule has 1 aliphatic rings. The average molecular weight is 264 g/mol. The lowest BCUT2D eigenvalue weighted by Gasteiger charge is -2.29. The van der Waals surface area contributed by atoms with Crippen LogP contribution < -0.4 is 11.1 Å². The van der Waals surface area contributed by atoms with Gasteiger partial charge in [-0.15, -0.1) is 0 Å². The number of imidazole rings is 1. The van der Waals surface area contributed by atoms with Gasteiger partial charge in [0.2, 0.25) is 5.91 Å². The van der Waals surface area contributed by atoms with Gasteiger partial charge in [-0.3, -0.25) is 4.79 Å². The molecule has 5 heteroatoms. The molecular formula is C14H24N4O. The number of nitrogens with zero attached hydrogens (tertiary/aromatic N) is 2. The first-order valence-corrected chi connectivity index (χ1v) is 7.07. The molecule has 1 atom stereocenters. The number of primary amides is 1. The van der Waals surface area contributed by atoms with Crippen LogP contribution in [-0.4, -0.2) is 27.5 Å². The molecule has 3 N–H and O–H groups in total. The van der Waals surface area contributed by atoms with Gasteiger partial charge in [-0.2, -0.15) is 0 Å². The van der Waals surface area contributed by atoms with Crippen molar-refractivity contribution >= 4 is 5.91 Å². The summed E-state index contributed by atoms with van der Waals surface area (Å²) < 4.78 is 2.17. The largest absolute Gasteiger partial charge is 0.368 e. The van der Waals surface area contributed by atoms with Crippen molar-refractivity contribution in [1.82, 2.24) is 14.9 Å². The monoisotopic (exact) mass is 264 g/mol. The van der Waals surface area contributed by atoms with Crippen LogP contribution in [0.2, 0.25) is 0 Å². The Balaban J connectivity index is 2.31. The standard InChI is InChI=1S/C14H24N4O/c1-4-16-14(3,13(15)19)9-18-10(2)17-11-7-5-6-8-12(11)18/h16H,4-9H2,1-3H3,(H2,15,19). The van der Waals surface area contributed by atoms with Gasteiger partial charge in [0.05, 0.1) is 12.2 Å². The van der Waals surface area contributed by atoms with Crippen molar-refractivity contribution < 1.29 is 4.79 Å². The maximum atomic E-state index is 11.7. The molecule has 2 rings (SSSR count). The number of nitrogens with one attached hydrogen (secondary N) is 1. The molecule has 0 fully saturated rings. The lowest BCUT2D eigenvalue weighted by atomic mass is 9.98. The van der Waals surface area contributed by atoms with E-state index in [0.717, 1.165) is 25.2 Å². The summed E-state index contributed by atoms with van der Waals surface area (Å²) in [7, 11) is 0. The van der Waals surface area contributed by atoms with Crippen LogP contribution in [0.4, 0.5) is 0 Å². The average Bonchev–Trinajstić information content (AvgIpc) is 2.66. The van der Waals surface area contributed by atoms with Crippen molar-refractivity contribution in [2.24, 2.45) is 5.73 Å². The quantitative estimate of drug-likeness (QED) is 0.830. The molecule has 0 saturated carbocycles. The van der Waals surface area contributed by atoms with Gasteiger partial charge in [0.25, 0.3) is 0 Å². The molecule has 1 heterocycles. The smallest absolute Gasteiger partial charge is 0.239 e. The highest BCUT2D eigenvalue weighted by Crippen LogP contribution is 2.23. The third kappa shape index (κ3) is 2.66. The molecule has 0 saturated heterocycles. The first-order chi connectivity index (χ1) is 8.98. The fraction of sp³-hybridized carbons (Fsp3) is 0.714. The van der Waals surface area contributed by atoms with E-state index in [1.54, 1.807) is 0 Å². The van der Waals surface area contributed by atoms with E-state index in [4.69, 9.17) is 5.73 Å². The van der Waals surface area contributed by atoms with Crippen LogP contribution in [0.3, 0.4) is 0 Å². The maximum absolute atomic E-state index is 11.7. The number of nitrogens with two attached hydrogens (primary N) is 1. The highest BCUT2D eigenvalue weighted by atomic mass is 16.1. The van der Waals surface area contributed by atoms with Gasteiger partial charge < -0.3 is 15.6 Å². The predicted molar refractivity (Wildman–Crippen MR) is 74.9 cm³/mol. The van der Waals surface area contributed by atoms with Gasteiger partial charge in [0.1, 0.15) is 11.4 Å². The van der Waals surface area contributed by atoms with Gasteiger partial charge in [0.15, 0.2) is 0 Å². The van der Waals surface area contributed by atoms with Crippen molar-refractivity contribution in [3.63, 3.8) is 0 Å². The molecule has 0 spiro atoms. The van der Waals surface area contributed by atoms with Crippen LogP contribution >= 0.6 is 0 Å². The van der Waals surface area contributed by atoms with Gasteiger partial charge in [-0.1, -0.05) is 6.92 Å². The van der Waals surface area contributed by atoms with Crippen molar-refractivity contribution in [2.45, 2.75) is 58.5 Å². The van der Waals surface area contributed by atoms with Crippen LogP contribution in [0.1, 0.15) is 43.9 Å². The Morgan fingerprint density at radius 2 is 2.16 bits per heavy atom. The molecule has 1 aromatic rings. The Bertz CT molecular complexity index is 480. The zero-order valence-electron chi connectivity index (χ0n) is 12.1. The molecule has 1 unspecified atom stereocenters. The van der Waals surface area contributed by atoms with Crippen LogP contribution in [-0.2, 0) is 24.2 Å². The normalized spacial score (nSPS) is 17.8. The maximum Gasteiger partial charge on any atom is 0.239 e. The minimum Gasteiger partial charge on any atom is -0.368 e. The summed E-state index contributed by atoms with van der Waals surface area (Å²) >= 11 is 0. The van der Waals surface area contributed by atoms with E-state index in [0.29, 0.717) is 6.54 Å². The number of carbonyl (C=O) groups excluding carboxylic acids is 1. The highest BCUT2D eigenvalue weighted by Gasteiger charge is 2.32. The lowest BCUT2D eigenvalue weighted by molar-refractivity contribution is -0.124. The number of aromatic nitrogens is 2. The first-order valence-electron chi connectivity index (χ1n) is 7.07. The molecule has 19 heavy (non-hydrogen) atoms.